The molecule has 0 bridgehead atoms. The zero-order valence-electron chi connectivity index (χ0n) is 12.3. The van der Waals surface area contributed by atoms with E-state index in [4.69, 9.17) is 9.84 Å². The Morgan fingerprint density at radius 2 is 1.77 bits per heavy atom. The van der Waals surface area contributed by atoms with Crippen molar-refractivity contribution in [1.82, 2.24) is 4.90 Å². The molecule has 6 heteroatoms. The van der Waals surface area contributed by atoms with Crippen molar-refractivity contribution in [3.63, 3.8) is 0 Å². The summed E-state index contributed by atoms with van der Waals surface area (Å²) in [4.78, 5) is 14.1. The second kappa shape index (κ2) is 6.34. The van der Waals surface area contributed by atoms with Gasteiger partial charge in [0.15, 0.2) is 0 Å². The highest BCUT2D eigenvalue weighted by molar-refractivity contribution is 5.94. The molecule has 1 amide bonds. The van der Waals surface area contributed by atoms with Gasteiger partial charge in [-0.1, -0.05) is 12.1 Å². The van der Waals surface area contributed by atoms with Crippen molar-refractivity contribution < 1.29 is 24.9 Å². The molecule has 4 atom stereocenters. The van der Waals surface area contributed by atoms with Crippen LogP contribution in [0.1, 0.15) is 34.9 Å². The van der Waals surface area contributed by atoms with Crippen LogP contribution in [-0.4, -0.2) is 64.1 Å². The van der Waals surface area contributed by atoms with Crippen molar-refractivity contribution >= 4 is 5.91 Å². The van der Waals surface area contributed by atoms with Crippen LogP contribution in [0.5, 0.6) is 0 Å². The number of amides is 1. The molecular formula is C16H21NO5. The van der Waals surface area contributed by atoms with Gasteiger partial charge in [-0.05, 0) is 30.5 Å². The number of nitrogens with zero attached hydrogens (tertiary/aromatic N) is 1. The number of rotatable bonds is 3. The molecule has 0 aromatic heterocycles. The predicted molar refractivity (Wildman–Crippen MR) is 78.3 cm³/mol. The van der Waals surface area contributed by atoms with Crippen molar-refractivity contribution in [1.29, 1.82) is 0 Å². The third kappa shape index (κ3) is 2.75. The van der Waals surface area contributed by atoms with Crippen molar-refractivity contribution in [2.75, 3.05) is 19.7 Å². The SMILES string of the molecule is O=C(c1ccc([C@@H]2O[C@H](CO)[C@@H](O)[C@H]2O)cc1)N1CCCC1. The quantitative estimate of drug-likeness (QED) is 0.735. The van der Waals surface area contributed by atoms with E-state index in [1.165, 1.54) is 0 Å². The van der Waals surface area contributed by atoms with Gasteiger partial charge in [0.1, 0.15) is 24.4 Å². The summed E-state index contributed by atoms with van der Waals surface area (Å²) in [6, 6.07) is 6.88. The molecule has 2 heterocycles. The van der Waals surface area contributed by atoms with E-state index >= 15 is 0 Å². The van der Waals surface area contributed by atoms with Crippen molar-refractivity contribution in [2.24, 2.45) is 0 Å². The smallest absolute Gasteiger partial charge is 0.253 e. The molecule has 2 aliphatic rings. The first-order chi connectivity index (χ1) is 10.6. The lowest BCUT2D eigenvalue weighted by Gasteiger charge is -2.17. The highest BCUT2D eigenvalue weighted by Gasteiger charge is 2.42. The lowest BCUT2D eigenvalue weighted by atomic mass is 10.0. The maximum Gasteiger partial charge on any atom is 0.253 e. The number of carbonyl (C=O) groups is 1. The fraction of sp³-hybridized carbons (Fsp3) is 0.562. The van der Waals surface area contributed by atoms with Gasteiger partial charge in [-0.2, -0.15) is 0 Å². The van der Waals surface area contributed by atoms with Gasteiger partial charge < -0.3 is 25.0 Å². The predicted octanol–water partition coefficient (Wildman–Crippen LogP) is 0.0766. The number of aliphatic hydroxyl groups excluding tert-OH is 3. The Labute approximate surface area is 128 Å². The number of benzene rings is 1. The monoisotopic (exact) mass is 307 g/mol. The molecule has 1 aromatic carbocycles. The highest BCUT2D eigenvalue weighted by atomic mass is 16.6. The summed E-state index contributed by atoms with van der Waals surface area (Å²) in [6.45, 7) is 1.26. The topological polar surface area (TPSA) is 90.2 Å². The summed E-state index contributed by atoms with van der Waals surface area (Å²) in [5, 5.41) is 28.9. The summed E-state index contributed by atoms with van der Waals surface area (Å²) in [7, 11) is 0. The number of hydrogen-bond acceptors (Lipinski definition) is 5. The molecule has 3 rings (SSSR count). The summed E-state index contributed by atoms with van der Waals surface area (Å²) >= 11 is 0. The lowest BCUT2D eigenvalue weighted by molar-refractivity contribution is -0.0227. The minimum absolute atomic E-state index is 0.0187. The zero-order valence-corrected chi connectivity index (χ0v) is 12.3. The Bertz CT molecular complexity index is 526. The van der Waals surface area contributed by atoms with E-state index in [2.05, 4.69) is 0 Å². The van der Waals surface area contributed by atoms with Gasteiger partial charge in [0.25, 0.3) is 5.91 Å². The molecule has 3 N–H and O–H groups in total. The molecule has 0 saturated carbocycles. The van der Waals surface area contributed by atoms with Crippen LogP contribution in [0.15, 0.2) is 24.3 Å². The van der Waals surface area contributed by atoms with Crippen LogP contribution < -0.4 is 0 Å². The van der Waals surface area contributed by atoms with E-state index in [1.807, 2.05) is 4.90 Å². The minimum atomic E-state index is -1.11. The Balaban J connectivity index is 1.73. The number of aliphatic hydroxyl groups is 3. The Morgan fingerprint density at radius 1 is 1.14 bits per heavy atom. The van der Waals surface area contributed by atoms with E-state index in [9.17, 15) is 15.0 Å². The molecular weight excluding hydrogens is 286 g/mol. The normalized spacial score (nSPS) is 31.7. The van der Waals surface area contributed by atoms with Gasteiger partial charge in [0.2, 0.25) is 0 Å². The molecule has 6 nitrogen and oxygen atoms in total. The number of carbonyl (C=O) groups excluding carboxylic acids is 1. The molecule has 0 spiro atoms. The lowest BCUT2D eigenvalue weighted by Crippen LogP contribution is -2.32. The van der Waals surface area contributed by atoms with Crippen molar-refractivity contribution in [3.8, 4) is 0 Å². The summed E-state index contributed by atoms with van der Waals surface area (Å²) in [5.74, 6) is 0.0187. The second-order valence-corrected chi connectivity index (χ2v) is 5.88. The molecule has 120 valence electrons. The molecule has 2 aliphatic heterocycles. The third-order valence-corrected chi connectivity index (χ3v) is 4.42. The Morgan fingerprint density at radius 3 is 2.32 bits per heavy atom. The standard InChI is InChI=1S/C16H21NO5/c18-9-12-13(19)14(20)15(22-12)10-3-5-11(6-4-10)16(21)17-7-1-2-8-17/h3-6,12-15,18-20H,1-2,7-9H2/t12-,13-,14-,15+/m1/s1. The Hall–Kier alpha value is -1.47. The van der Waals surface area contributed by atoms with Gasteiger partial charge in [-0.25, -0.2) is 0 Å². The van der Waals surface area contributed by atoms with Gasteiger partial charge in [-0.15, -0.1) is 0 Å². The minimum Gasteiger partial charge on any atom is -0.394 e. The van der Waals surface area contributed by atoms with Crippen molar-refractivity contribution in [2.45, 2.75) is 37.3 Å². The van der Waals surface area contributed by atoms with E-state index in [1.54, 1.807) is 24.3 Å². The molecule has 0 radical (unpaired) electrons. The molecule has 1 aromatic rings. The third-order valence-electron chi connectivity index (χ3n) is 4.42. The average Bonchev–Trinajstić information content (AvgIpc) is 3.17. The molecule has 2 fully saturated rings. The fourth-order valence-corrected chi connectivity index (χ4v) is 3.09. The maximum atomic E-state index is 12.3. The number of ether oxygens (including phenoxy) is 1. The fourth-order valence-electron chi connectivity index (χ4n) is 3.09. The maximum absolute atomic E-state index is 12.3. The van der Waals surface area contributed by atoms with Crippen LogP contribution in [0.2, 0.25) is 0 Å². The number of likely N-dealkylation sites (tertiary alicyclic amines) is 1. The van der Waals surface area contributed by atoms with E-state index < -0.39 is 24.4 Å². The van der Waals surface area contributed by atoms with Crippen LogP contribution in [0.25, 0.3) is 0 Å². The van der Waals surface area contributed by atoms with E-state index in [0.29, 0.717) is 11.1 Å². The molecule has 2 saturated heterocycles. The van der Waals surface area contributed by atoms with Crippen LogP contribution in [0.3, 0.4) is 0 Å². The summed E-state index contributed by atoms with van der Waals surface area (Å²) < 4.78 is 5.48. The second-order valence-electron chi connectivity index (χ2n) is 5.88. The first-order valence-electron chi connectivity index (χ1n) is 7.63. The van der Waals surface area contributed by atoms with Gasteiger partial charge in [0, 0.05) is 18.7 Å². The Kier molecular flexibility index (Phi) is 4.44. The largest absolute Gasteiger partial charge is 0.394 e. The van der Waals surface area contributed by atoms with Gasteiger partial charge in [-0.3, -0.25) is 4.79 Å². The number of hydrogen-bond donors (Lipinski definition) is 3. The van der Waals surface area contributed by atoms with Crippen LogP contribution in [0, 0.1) is 0 Å². The van der Waals surface area contributed by atoms with E-state index in [-0.39, 0.29) is 12.5 Å². The van der Waals surface area contributed by atoms with E-state index in [0.717, 1.165) is 25.9 Å². The average molecular weight is 307 g/mol. The van der Waals surface area contributed by atoms with Crippen LogP contribution >= 0.6 is 0 Å². The molecule has 22 heavy (non-hydrogen) atoms. The summed E-state index contributed by atoms with van der Waals surface area (Å²) in [6.07, 6.45) is -1.58. The molecule has 0 aliphatic carbocycles. The van der Waals surface area contributed by atoms with Crippen LogP contribution in [-0.2, 0) is 4.74 Å². The van der Waals surface area contributed by atoms with Gasteiger partial charge in [0.05, 0.1) is 6.61 Å². The first-order valence-corrected chi connectivity index (χ1v) is 7.63. The highest BCUT2D eigenvalue weighted by Crippen LogP contribution is 2.33. The first kappa shape index (κ1) is 15.4. The van der Waals surface area contributed by atoms with Gasteiger partial charge >= 0.3 is 0 Å². The molecule has 0 unspecified atom stereocenters. The van der Waals surface area contributed by atoms with Crippen LogP contribution in [0.4, 0.5) is 0 Å². The zero-order chi connectivity index (χ0) is 15.7. The summed E-state index contributed by atoms with van der Waals surface area (Å²) in [5.41, 5.74) is 1.29. The van der Waals surface area contributed by atoms with Crippen molar-refractivity contribution in [3.05, 3.63) is 35.4 Å².